The molecule has 9 heteroatoms. The van der Waals surface area contributed by atoms with E-state index in [1.807, 2.05) is 12.1 Å². The molecule has 0 amide bonds. The van der Waals surface area contributed by atoms with Crippen LogP contribution in [0.2, 0.25) is 0 Å². The van der Waals surface area contributed by atoms with Crippen LogP contribution in [-0.2, 0) is 0 Å². The maximum Gasteiger partial charge on any atom is 0.573 e. The summed E-state index contributed by atoms with van der Waals surface area (Å²) in [5.74, 6) is 1.33. The Balaban J connectivity index is 1.36. The van der Waals surface area contributed by atoms with E-state index in [0.29, 0.717) is 24.5 Å². The van der Waals surface area contributed by atoms with Crippen LogP contribution < -0.4 is 15.4 Å². The van der Waals surface area contributed by atoms with E-state index in [0.717, 1.165) is 18.8 Å². The molecule has 1 aromatic heterocycles. The molecular weight excluding hydrogens is 409 g/mol. The lowest BCUT2D eigenvalue weighted by Gasteiger charge is -2.26. The Morgan fingerprint density at radius 1 is 1.23 bits per heavy atom. The number of guanidine groups is 1. The normalized spacial score (nSPS) is 22.9. The van der Waals surface area contributed by atoms with Crippen LogP contribution in [0.5, 0.6) is 5.75 Å². The predicted octanol–water partition coefficient (Wildman–Crippen LogP) is 4.04. The van der Waals surface area contributed by atoms with Gasteiger partial charge in [0.15, 0.2) is 5.96 Å². The number of likely N-dealkylation sites (tertiary alicyclic amines) is 1. The van der Waals surface area contributed by atoms with Gasteiger partial charge in [0.05, 0.1) is 12.3 Å². The molecule has 1 aromatic carbocycles. The quantitative estimate of drug-likeness (QED) is 0.507. The number of aliphatic imine (C=N–C) groups is 1. The van der Waals surface area contributed by atoms with Gasteiger partial charge in [-0.1, -0.05) is 18.2 Å². The molecule has 2 N–H and O–H groups in total. The van der Waals surface area contributed by atoms with Crippen LogP contribution in [0.1, 0.15) is 42.5 Å². The Hall–Kier alpha value is -2.68. The summed E-state index contributed by atoms with van der Waals surface area (Å²) in [6.07, 6.45) is 0.0377. The fourth-order valence-electron chi connectivity index (χ4n) is 4.21. The van der Waals surface area contributed by atoms with Gasteiger partial charge in [-0.2, -0.15) is 0 Å². The summed E-state index contributed by atoms with van der Waals surface area (Å²) in [5, 5.41) is 6.68. The molecule has 1 aliphatic carbocycles. The third kappa shape index (κ3) is 5.52. The zero-order valence-corrected chi connectivity index (χ0v) is 17.4. The lowest BCUT2D eigenvalue weighted by molar-refractivity contribution is -0.274. The Kier molecular flexibility index (Phi) is 6.41. The van der Waals surface area contributed by atoms with Gasteiger partial charge in [-0.25, -0.2) is 0 Å². The molecule has 1 aliphatic heterocycles. The van der Waals surface area contributed by atoms with Crippen LogP contribution in [0.4, 0.5) is 13.2 Å². The number of alkyl halides is 3. The standard InChI is InChI=1S/C22H27F3N4O2/c1-26-21(27-14-18(20-9-6-12-30-20)29-10-4-5-11-29)28-17-13-16(17)15-7-2-3-8-19(15)31-22(23,24)25/h2-3,6-9,12,16-18H,4-5,10-11,13-14H2,1H3,(H2,26,27,28). The minimum absolute atomic E-state index is 0.00182. The fraction of sp³-hybridized carbons (Fsp3) is 0.500. The van der Waals surface area contributed by atoms with Crippen LogP contribution in [-0.4, -0.2) is 49.9 Å². The molecule has 3 unspecified atom stereocenters. The highest BCUT2D eigenvalue weighted by molar-refractivity contribution is 5.80. The van der Waals surface area contributed by atoms with E-state index in [-0.39, 0.29) is 23.8 Å². The van der Waals surface area contributed by atoms with Crippen molar-refractivity contribution in [3.05, 3.63) is 54.0 Å². The lowest BCUT2D eigenvalue weighted by atomic mass is 10.1. The van der Waals surface area contributed by atoms with Gasteiger partial charge in [0.1, 0.15) is 11.5 Å². The summed E-state index contributed by atoms with van der Waals surface area (Å²) in [5.41, 5.74) is 0.554. The minimum Gasteiger partial charge on any atom is -0.468 e. The second-order valence-corrected chi connectivity index (χ2v) is 7.91. The van der Waals surface area contributed by atoms with E-state index >= 15 is 0 Å². The van der Waals surface area contributed by atoms with E-state index in [2.05, 4.69) is 25.3 Å². The largest absolute Gasteiger partial charge is 0.573 e. The molecular formula is C22H27F3N4O2. The number of rotatable bonds is 7. The molecule has 168 valence electrons. The van der Waals surface area contributed by atoms with E-state index in [1.54, 1.807) is 31.5 Å². The number of hydrogen-bond acceptors (Lipinski definition) is 4. The molecule has 1 saturated heterocycles. The third-order valence-electron chi connectivity index (χ3n) is 5.80. The highest BCUT2D eigenvalue weighted by atomic mass is 19.4. The molecule has 2 heterocycles. The Labute approximate surface area is 179 Å². The van der Waals surface area contributed by atoms with Gasteiger partial charge in [0, 0.05) is 25.6 Å². The molecule has 31 heavy (non-hydrogen) atoms. The van der Waals surface area contributed by atoms with Gasteiger partial charge in [0.2, 0.25) is 0 Å². The van der Waals surface area contributed by atoms with Crippen molar-refractivity contribution in [2.45, 2.75) is 43.6 Å². The smallest absolute Gasteiger partial charge is 0.468 e. The van der Waals surface area contributed by atoms with Crippen LogP contribution in [0.15, 0.2) is 52.1 Å². The summed E-state index contributed by atoms with van der Waals surface area (Å²) in [6.45, 7) is 2.68. The maximum atomic E-state index is 12.7. The number of ether oxygens (including phenoxy) is 1. The summed E-state index contributed by atoms with van der Waals surface area (Å²) >= 11 is 0. The number of furan rings is 1. The zero-order valence-electron chi connectivity index (χ0n) is 17.4. The number of benzene rings is 1. The molecule has 6 nitrogen and oxygen atoms in total. The molecule has 2 aliphatic rings. The van der Waals surface area contributed by atoms with Crippen molar-refractivity contribution in [1.82, 2.24) is 15.5 Å². The fourth-order valence-corrected chi connectivity index (χ4v) is 4.21. The summed E-state index contributed by atoms with van der Waals surface area (Å²) < 4.78 is 48.0. The van der Waals surface area contributed by atoms with Gasteiger partial charge in [0.25, 0.3) is 0 Å². The molecule has 0 radical (unpaired) electrons. The van der Waals surface area contributed by atoms with Crippen molar-refractivity contribution in [2.24, 2.45) is 4.99 Å². The highest BCUT2D eigenvalue weighted by Gasteiger charge is 2.42. The van der Waals surface area contributed by atoms with Crippen LogP contribution in [0.3, 0.4) is 0 Å². The summed E-state index contributed by atoms with van der Waals surface area (Å²) in [4.78, 5) is 6.68. The topological polar surface area (TPSA) is 62.0 Å². The van der Waals surface area contributed by atoms with Crippen molar-refractivity contribution >= 4 is 5.96 Å². The second kappa shape index (κ2) is 9.21. The molecule has 1 saturated carbocycles. The van der Waals surface area contributed by atoms with E-state index < -0.39 is 6.36 Å². The van der Waals surface area contributed by atoms with Crippen molar-refractivity contribution < 1.29 is 22.3 Å². The van der Waals surface area contributed by atoms with E-state index in [4.69, 9.17) is 4.42 Å². The molecule has 4 rings (SSSR count). The predicted molar refractivity (Wildman–Crippen MR) is 111 cm³/mol. The number of hydrogen-bond donors (Lipinski definition) is 2. The molecule has 2 fully saturated rings. The molecule has 2 aromatic rings. The first-order chi connectivity index (χ1) is 14.9. The number of nitrogens with one attached hydrogen (secondary N) is 2. The van der Waals surface area contributed by atoms with Crippen LogP contribution in [0, 0.1) is 0 Å². The maximum absolute atomic E-state index is 12.7. The van der Waals surface area contributed by atoms with Gasteiger partial charge >= 0.3 is 6.36 Å². The first-order valence-corrected chi connectivity index (χ1v) is 10.5. The van der Waals surface area contributed by atoms with Gasteiger partial charge < -0.3 is 19.8 Å². The Bertz CT molecular complexity index is 879. The average molecular weight is 436 g/mol. The average Bonchev–Trinajstić information content (AvgIpc) is 3.14. The SMILES string of the molecule is CN=C(NCC(c1ccco1)N1CCCC1)NC1CC1c1ccccc1OC(F)(F)F. The molecule has 3 atom stereocenters. The lowest BCUT2D eigenvalue weighted by Crippen LogP contribution is -2.43. The van der Waals surface area contributed by atoms with Gasteiger partial charge in [-0.15, -0.1) is 13.2 Å². The van der Waals surface area contributed by atoms with Crippen molar-refractivity contribution in [1.29, 1.82) is 0 Å². The van der Waals surface area contributed by atoms with Gasteiger partial charge in [-0.3, -0.25) is 9.89 Å². The van der Waals surface area contributed by atoms with E-state index in [1.165, 1.54) is 18.9 Å². The third-order valence-corrected chi connectivity index (χ3v) is 5.80. The first-order valence-electron chi connectivity index (χ1n) is 10.5. The van der Waals surface area contributed by atoms with Crippen molar-refractivity contribution in [3.8, 4) is 5.75 Å². The van der Waals surface area contributed by atoms with Crippen LogP contribution in [0.25, 0.3) is 0 Å². The molecule has 0 bridgehead atoms. The summed E-state index contributed by atoms with van der Waals surface area (Å²) in [6, 6.07) is 10.3. The number of para-hydroxylation sites is 1. The summed E-state index contributed by atoms with van der Waals surface area (Å²) in [7, 11) is 1.69. The Morgan fingerprint density at radius 3 is 2.68 bits per heavy atom. The Morgan fingerprint density at radius 2 is 2.00 bits per heavy atom. The van der Waals surface area contributed by atoms with Gasteiger partial charge in [-0.05, 0) is 56.1 Å². The number of nitrogens with zero attached hydrogens (tertiary/aromatic N) is 2. The first kappa shape index (κ1) is 21.5. The highest BCUT2D eigenvalue weighted by Crippen LogP contribution is 2.45. The second-order valence-electron chi connectivity index (χ2n) is 7.91. The van der Waals surface area contributed by atoms with E-state index in [9.17, 15) is 13.2 Å². The zero-order chi connectivity index (χ0) is 21.8. The molecule has 0 spiro atoms. The number of halogens is 3. The van der Waals surface area contributed by atoms with Crippen LogP contribution >= 0.6 is 0 Å². The van der Waals surface area contributed by atoms with Crippen molar-refractivity contribution in [3.63, 3.8) is 0 Å². The van der Waals surface area contributed by atoms with Crippen molar-refractivity contribution in [2.75, 3.05) is 26.7 Å². The minimum atomic E-state index is -4.71. The monoisotopic (exact) mass is 436 g/mol.